The number of Topliss-reactive ketones (excluding diaryl/α,β-unsaturated/α-hetero) is 2. The number of aryl methyl sites for hydroxylation is 1. The first-order valence-electron chi connectivity index (χ1n) is 6.54. The van der Waals surface area contributed by atoms with Gasteiger partial charge in [-0.25, -0.2) is 4.98 Å². The summed E-state index contributed by atoms with van der Waals surface area (Å²) in [5, 5.41) is 9.12. The Morgan fingerprint density at radius 1 is 1.25 bits per heavy atom. The van der Waals surface area contributed by atoms with Gasteiger partial charge in [0.1, 0.15) is 5.75 Å². The van der Waals surface area contributed by atoms with E-state index < -0.39 is 29.6 Å². The third-order valence-corrected chi connectivity index (χ3v) is 3.07. The van der Waals surface area contributed by atoms with E-state index in [1.165, 1.54) is 24.0 Å². The van der Waals surface area contributed by atoms with Gasteiger partial charge < -0.3 is 9.30 Å². The molecule has 1 aromatic heterocycles. The zero-order valence-electron chi connectivity index (χ0n) is 12.2. The number of benzene rings is 1. The molecule has 6 nitrogen and oxygen atoms in total. The standard InChI is InChI=1S/C15H10F3N3O3/c1-21-7-6-20-14(21)13(23)11(8-19)12(22)9-2-4-10(5-3-9)24-15(16,17)18/h2-7,11H,1H3/t11-/m1/s1. The maximum absolute atomic E-state index is 12.3. The molecule has 1 heterocycles. The molecule has 1 aromatic carbocycles. The molecule has 0 saturated carbocycles. The summed E-state index contributed by atoms with van der Waals surface area (Å²) in [6.45, 7) is 0. The van der Waals surface area contributed by atoms with Crippen LogP contribution in [0.15, 0.2) is 36.7 Å². The van der Waals surface area contributed by atoms with Crippen LogP contribution in [0.5, 0.6) is 5.75 Å². The molecule has 2 rings (SSSR count). The lowest BCUT2D eigenvalue weighted by atomic mass is 9.94. The van der Waals surface area contributed by atoms with Gasteiger partial charge in [-0.05, 0) is 24.3 Å². The fourth-order valence-corrected chi connectivity index (χ4v) is 1.96. The van der Waals surface area contributed by atoms with E-state index in [1.54, 1.807) is 6.07 Å². The second-order valence-electron chi connectivity index (χ2n) is 4.72. The van der Waals surface area contributed by atoms with Gasteiger partial charge in [0.05, 0.1) is 6.07 Å². The number of rotatable bonds is 5. The van der Waals surface area contributed by atoms with Gasteiger partial charge in [0.15, 0.2) is 17.5 Å². The summed E-state index contributed by atoms with van der Waals surface area (Å²) in [6, 6.07) is 5.58. The van der Waals surface area contributed by atoms with Gasteiger partial charge in [-0.1, -0.05) is 0 Å². The van der Waals surface area contributed by atoms with Crippen LogP contribution in [-0.2, 0) is 7.05 Å². The molecular weight excluding hydrogens is 327 g/mol. The Hall–Kier alpha value is -3.15. The summed E-state index contributed by atoms with van der Waals surface area (Å²) in [5.74, 6) is -3.83. The average molecular weight is 337 g/mol. The van der Waals surface area contributed by atoms with Crippen molar-refractivity contribution >= 4 is 11.6 Å². The minimum absolute atomic E-state index is 0.0630. The number of hydrogen-bond acceptors (Lipinski definition) is 5. The van der Waals surface area contributed by atoms with Crippen LogP contribution in [0.4, 0.5) is 13.2 Å². The number of halogens is 3. The highest BCUT2D eigenvalue weighted by molar-refractivity contribution is 6.16. The predicted octanol–water partition coefficient (Wildman–Crippen LogP) is 2.52. The fraction of sp³-hybridized carbons (Fsp3) is 0.200. The monoisotopic (exact) mass is 337 g/mol. The number of ketones is 2. The second kappa shape index (κ2) is 6.54. The smallest absolute Gasteiger partial charge is 0.406 e. The van der Waals surface area contributed by atoms with Gasteiger partial charge in [-0.15, -0.1) is 13.2 Å². The highest BCUT2D eigenvalue weighted by atomic mass is 19.4. The van der Waals surface area contributed by atoms with Gasteiger partial charge >= 0.3 is 6.36 Å². The normalized spacial score (nSPS) is 12.3. The molecule has 0 amide bonds. The summed E-state index contributed by atoms with van der Waals surface area (Å²) in [6.07, 6.45) is -2.03. The maximum atomic E-state index is 12.3. The molecule has 0 N–H and O–H groups in total. The summed E-state index contributed by atoms with van der Waals surface area (Å²) >= 11 is 0. The van der Waals surface area contributed by atoms with Crippen molar-refractivity contribution in [1.82, 2.24) is 9.55 Å². The van der Waals surface area contributed by atoms with Crippen LogP contribution in [0.25, 0.3) is 0 Å². The van der Waals surface area contributed by atoms with Crippen LogP contribution < -0.4 is 4.74 Å². The van der Waals surface area contributed by atoms with Crippen LogP contribution >= 0.6 is 0 Å². The van der Waals surface area contributed by atoms with Gasteiger partial charge in [-0.3, -0.25) is 9.59 Å². The molecule has 124 valence electrons. The number of carbonyl (C=O) groups is 2. The first kappa shape index (κ1) is 17.2. The Kier molecular flexibility index (Phi) is 4.69. The number of nitriles is 1. The number of carbonyl (C=O) groups excluding carboxylic acids is 2. The number of alkyl halides is 3. The van der Waals surface area contributed by atoms with Crippen LogP contribution in [0.2, 0.25) is 0 Å². The molecule has 1 atom stereocenters. The maximum Gasteiger partial charge on any atom is 0.573 e. The van der Waals surface area contributed by atoms with Crippen molar-refractivity contribution in [3.63, 3.8) is 0 Å². The first-order valence-corrected chi connectivity index (χ1v) is 6.54. The lowest BCUT2D eigenvalue weighted by Gasteiger charge is -2.10. The van der Waals surface area contributed by atoms with Crippen molar-refractivity contribution in [2.45, 2.75) is 6.36 Å². The van der Waals surface area contributed by atoms with E-state index in [1.807, 2.05) is 0 Å². The summed E-state index contributed by atoms with van der Waals surface area (Å²) in [4.78, 5) is 28.3. The Morgan fingerprint density at radius 2 is 1.88 bits per heavy atom. The molecule has 0 spiro atoms. The number of hydrogen-bond donors (Lipinski definition) is 0. The average Bonchev–Trinajstić information content (AvgIpc) is 2.93. The quantitative estimate of drug-likeness (QED) is 0.618. The van der Waals surface area contributed by atoms with Crippen LogP contribution in [0, 0.1) is 17.2 Å². The zero-order chi connectivity index (χ0) is 17.9. The lowest BCUT2D eigenvalue weighted by Crippen LogP contribution is -2.25. The van der Waals surface area contributed by atoms with Gasteiger partial charge in [-0.2, -0.15) is 5.26 Å². The third kappa shape index (κ3) is 3.78. The number of ether oxygens (including phenoxy) is 1. The molecule has 0 unspecified atom stereocenters. The van der Waals surface area contributed by atoms with Crippen LogP contribution in [0.3, 0.4) is 0 Å². The molecule has 0 bridgehead atoms. The number of nitrogens with zero attached hydrogens (tertiary/aromatic N) is 3. The Labute approximate surface area is 134 Å². The van der Waals surface area contributed by atoms with E-state index in [2.05, 4.69) is 9.72 Å². The fourth-order valence-electron chi connectivity index (χ4n) is 1.96. The van der Waals surface area contributed by atoms with Gasteiger partial charge in [0.2, 0.25) is 5.78 Å². The second-order valence-corrected chi connectivity index (χ2v) is 4.72. The molecule has 2 aromatic rings. The third-order valence-electron chi connectivity index (χ3n) is 3.07. The molecule has 0 radical (unpaired) electrons. The SMILES string of the molecule is Cn1ccnc1C(=O)[C@H](C#N)C(=O)c1ccc(OC(F)(F)F)cc1. The first-order chi connectivity index (χ1) is 11.2. The van der Waals surface area contributed by atoms with E-state index in [0.717, 1.165) is 24.3 Å². The largest absolute Gasteiger partial charge is 0.573 e. The number of aromatic nitrogens is 2. The van der Waals surface area contributed by atoms with Gasteiger partial charge in [0, 0.05) is 25.0 Å². The summed E-state index contributed by atoms with van der Waals surface area (Å²) < 4.78 is 41.3. The molecule has 0 aliphatic rings. The topological polar surface area (TPSA) is 85.0 Å². The van der Waals surface area contributed by atoms with Crippen LogP contribution in [0.1, 0.15) is 21.0 Å². The van der Waals surface area contributed by atoms with Crippen molar-refractivity contribution in [3.05, 3.63) is 48.0 Å². The van der Waals surface area contributed by atoms with Gasteiger partial charge in [0.25, 0.3) is 0 Å². The van der Waals surface area contributed by atoms with E-state index in [-0.39, 0.29) is 11.4 Å². The van der Waals surface area contributed by atoms with E-state index in [0.29, 0.717) is 0 Å². The Morgan fingerprint density at radius 3 is 2.33 bits per heavy atom. The minimum atomic E-state index is -4.85. The van der Waals surface area contributed by atoms with Crippen molar-refractivity contribution in [1.29, 1.82) is 5.26 Å². The van der Waals surface area contributed by atoms with Crippen molar-refractivity contribution < 1.29 is 27.5 Å². The molecule has 9 heteroatoms. The molecule has 0 aliphatic heterocycles. The number of imidazole rings is 1. The molecule has 0 saturated heterocycles. The highest BCUT2D eigenvalue weighted by Gasteiger charge is 2.32. The van der Waals surface area contributed by atoms with E-state index in [9.17, 15) is 22.8 Å². The minimum Gasteiger partial charge on any atom is -0.406 e. The highest BCUT2D eigenvalue weighted by Crippen LogP contribution is 2.23. The van der Waals surface area contributed by atoms with Crippen molar-refractivity contribution in [2.24, 2.45) is 13.0 Å². The molecule has 0 aliphatic carbocycles. The van der Waals surface area contributed by atoms with E-state index >= 15 is 0 Å². The summed E-state index contributed by atoms with van der Waals surface area (Å²) in [5.41, 5.74) is -0.0846. The Balaban J connectivity index is 2.22. The Bertz CT molecular complexity index is 804. The zero-order valence-corrected chi connectivity index (χ0v) is 12.2. The van der Waals surface area contributed by atoms with Crippen LogP contribution in [-0.4, -0.2) is 27.5 Å². The lowest BCUT2D eigenvalue weighted by molar-refractivity contribution is -0.274. The molecule has 24 heavy (non-hydrogen) atoms. The van der Waals surface area contributed by atoms with E-state index in [4.69, 9.17) is 5.26 Å². The molecule has 0 fully saturated rings. The van der Waals surface area contributed by atoms with Crippen molar-refractivity contribution in [2.75, 3.05) is 0 Å². The summed E-state index contributed by atoms with van der Waals surface area (Å²) in [7, 11) is 1.53. The predicted molar refractivity (Wildman–Crippen MR) is 74.1 cm³/mol. The molecular formula is C15H10F3N3O3. The van der Waals surface area contributed by atoms with Crippen molar-refractivity contribution in [3.8, 4) is 11.8 Å².